The molecule has 6 nitrogen and oxygen atoms in total. The first-order valence-electron chi connectivity index (χ1n) is 11.3. The standard InChI is InChI=1S/C26H36N2O4/c1-6-15-27-26(30)23(7-2)28(17-20-11-10-12-21(16-20)31-5)25(29)18-32-24-14-9-8-13-22(24)19(3)4/h8-14,16,19,23H,6-7,15,17-18H2,1-5H3,(H,27,30). The molecule has 32 heavy (non-hydrogen) atoms. The van der Waals surface area contributed by atoms with Crippen LogP contribution < -0.4 is 14.8 Å². The number of carbonyl (C=O) groups excluding carboxylic acids is 2. The Kier molecular flexibility index (Phi) is 10.1. The van der Waals surface area contributed by atoms with Crippen molar-refractivity contribution in [2.24, 2.45) is 0 Å². The molecule has 2 amide bonds. The second-order valence-corrected chi connectivity index (χ2v) is 8.07. The summed E-state index contributed by atoms with van der Waals surface area (Å²) in [5.41, 5.74) is 1.94. The predicted octanol–water partition coefficient (Wildman–Crippen LogP) is 4.53. The fraction of sp³-hybridized carbons (Fsp3) is 0.462. The third-order valence-electron chi connectivity index (χ3n) is 5.31. The molecule has 2 aromatic rings. The fourth-order valence-electron chi connectivity index (χ4n) is 3.56. The number of carbonyl (C=O) groups is 2. The minimum Gasteiger partial charge on any atom is -0.497 e. The molecule has 1 N–H and O–H groups in total. The molecule has 0 bridgehead atoms. The van der Waals surface area contributed by atoms with Crippen LogP contribution in [0.25, 0.3) is 0 Å². The van der Waals surface area contributed by atoms with Crippen LogP contribution in [0, 0.1) is 0 Å². The zero-order chi connectivity index (χ0) is 23.5. The molecule has 2 rings (SSSR count). The summed E-state index contributed by atoms with van der Waals surface area (Å²) in [5, 5.41) is 2.93. The monoisotopic (exact) mass is 440 g/mol. The summed E-state index contributed by atoms with van der Waals surface area (Å²) < 4.78 is 11.2. The molecule has 0 heterocycles. The minimum atomic E-state index is -0.579. The van der Waals surface area contributed by atoms with E-state index in [1.54, 1.807) is 12.0 Å². The molecule has 1 unspecified atom stereocenters. The van der Waals surface area contributed by atoms with Crippen molar-refractivity contribution in [3.63, 3.8) is 0 Å². The topological polar surface area (TPSA) is 67.9 Å². The molecule has 0 aromatic heterocycles. The van der Waals surface area contributed by atoms with Gasteiger partial charge in [-0.2, -0.15) is 0 Å². The Hall–Kier alpha value is -3.02. The largest absolute Gasteiger partial charge is 0.497 e. The van der Waals surface area contributed by atoms with Crippen molar-refractivity contribution in [3.8, 4) is 11.5 Å². The molecule has 0 aliphatic rings. The summed E-state index contributed by atoms with van der Waals surface area (Å²) >= 11 is 0. The Morgan fingerprint density at radius 3 is 2.47 bits per heavy atom. The average molecular weight is 441 g/mol. The van der Waals surface area contributed by atoms with E-state index in [9.17, 15) is 9.59 Å². The first kappa shape index (κ1) is 25.2. The molecule has 174 valence electrons. The van der Waals surface area contributed by atoms with Gasteiger partial charge in [-0.1, -0.05) is 58.0 Å². The molecule has 0 saturated heterocycles. The number of ether oxygens (including phenoxy) is 2. The normalized spacial score (nSPS) is 11.7. The van der Waals surface area contributed by atoms with Crippen LogP contribution in [0.5, 0.6) is 11.5 Å². The summed E-state index contributed by atoms with van der Waals surface area (Å²) in [6, 6.07) is 14.7. The van der Waals surface area contributed by atoms with Crippen LogP contribution >= 0.6 is 0 Å². The molecule has 1 atom stereocenters. The highest BCUT2D eigenvalue weighted by Gasteiger charge is 2.29. The van der Waals surface area contributed by atoms with Gasteiger partial charge in [-0.05, 0) is 48.1 Å². The van der Waals surface area contributed by atoms with Gasteiger partial charge in [0, 0.05) is 13.1 Å². The zero-order valence-corrected chi connectivity index (χ0v) is 19.9. The predicted molar refractivity (Wildman–Crippen MR) is 127 cm³/mol. The molecule has 2 aromatic carbocycles. The average Bonchev–Trinajstić information content (AvgIpc) is 2.81. The lowest BCUT2D eigenvalue weighted by atomic mass is 10.0. The Bertz CT molecular complexity index is 882. The number of methoxy groups -OCH3 is 1. The van der Waals surface area contributed by atoms with E-state index in [-0.39, 0.29) is 24.3 Å². The highest BCUT2D eigenvalue weighted by Crippen LogP contribution is 2.26. The SMILES string of the molecule is CCCNC(=O)C(CC)N(Cc1cccc(OC)c1)C(=O)COc1ccccc1C(C)C. The van der Waals surface area contributed by atoms with Crippen molar-refractivity contribution >= 4 is 11.8 Å². The van der Waals surface area contributed by atoms with E-state index >= 15 is 0 Å². The number of nitrogens with zero attached hydrogens (tertiary/aromatic N) is 1. The van der Waals surface area contributed by atoms with Gasteiger partial charge in [0.15, 0.2) is 6.61 Å². The van der Waals surface area contributed by atoms with Crippen molar-refractivity contribution in [2.75, 3.05) is 20.3 Å². The van der Waals surface area contributed by atoms with Crippen LogP contribution in [0.1, 0.15) is 57.6 Å². The highest BCUT2D eigenvalue weighted by atomic mass is 16.5. The lowest BCUT2D eigenvalue weighted by Gasteiger charge is -2.30. The molecule has 0 spiro atoms. The number of amides is 2. The van der Waals surface area contributed by atoms with Crippen LogP contribution in [0.2, 0.25) is 0 Å². The lowest BCUT2D eigenvalue weighted by molar-refractivity contribution is -0.143. The summed E-state index contributed by atoms with van der Waals surface area (Å²) in [5.74, 6) is 1.30. The Morgan fingerprint density at radius 2 is 1.81 bits per heavy atom. The molecular formula is C26H36N2O4. The highest BCUT2D eigenvalue weighted by molar-refractivity contribution is 5.88. The summed E-state index contributed by atoms with van der Waals surface area (Å²) in [7, 11) is 1.61. The number of nitrogens with one attached hydrogen (secondary N) is 1. The number of hydrogen-bond acceptors (Lipinski definition) is 4. The maximum Gasteiger partial charge on any atom is 0.261 e. The number of para-hydroxylation sites is 1. The minimum absolute atomic E-state index is 0.134. The van der Waals surface area contributed by atoms with Crippen LogP contribution in [0.3, 0.4) is 0 Å². The van der Waals surface area contributed by atoms with Crippen molar-refractivity contribution < 1.29 is 19.1 Å². The molecular weight excluding hydrogens is 404 g/mol. The van der Waals surface area contributed by atoms with Crippen LogP contribution in [-0.4, -0.2) is 43.0 Å². The number of benzene rings is 2. The van der Waals surface area contributed by atoms with E-state index in [1.165, 1.54) is 0 Å². The molecule has 0 saturated carbocycles. The zero-order valence-electron chi connectivity index (χ0n) is 19.9. The first-order valence-corrected chi connectivity index (χ1v) is 11.3. The molecule has 0 fully saturated rings. The van der Waals surface area contributed by atoms with Gasteiger partial charge < -0.3 is 19.7 Å². The first-order chi connectivity index (χ1) is 15.4. The van der Waals surface area contributed by atoms with Gasteiger partial charge in [0.25, 0.3) is 5.91 Å². The van der Waals surface area contributed by atoms with Gasteiger partial charge >= 0.3 is 0 Å². The summed E-state index contributed by atoms with van der Waals surface area (Å²) in [4.78, 5) is 27.8. The maximum absolute atomic E-state index is 13.3. The number of hydrogen-bond donors (Lipinski definition) is 1. The van der Waals surface area contributed by atoms with E-state index in [0.717, 1.165) is 17.5 Å². The van der Waals surface area contributed by atoms with Gasteiger partial charge in [0.1, 0.15) is 17.5 Å². The molecule has 0 aliphatic heterocycles. The maximum atomic E-state index is 13.3. The van der Waals surface area contributed by atoms with E-state index in [0.29, 0.717) is 31.0 Å². The fourth-order valence-corrected chi connectivity index (χ4v) is 3.56. The van der Waals surface area contributed by atoms with E-state index in [2.05, 4.69) is 19.2 Å². The molecule has 0 radical (unpaired) electrons. The van der Waals surface area contributed by atoms with Gasteiger partial charge in [-0.15, -0.1) is 0 Å². The molecule has 6 heteroatoms. The van der Waals surface area contributed by atoms with Crippen LogP contribution in [-0.2, 0) is 16.1 Å². The third-order valence-corrected chi connectivity index (χ3v) is 5.31. The third kappa shape index (κ3) is 7.01. The van der Waals surface area contributed by atoms with Crippen molar-refractivity contribution in [1.29, 1.82) is 0 Å². The van der Waals surface area contributed by atoms with E-state index < -0.39 is 6.04 Å². The second kappa shape index (κ2) is 12.7. The van der Waals surface area contributed by atoms with Crippen molar-refractivity contribution in [1.82, 2.24) is 10.2 Å². The number of rotatable bonds is 12. The Labute approximate surface area is 191 Å². The Balaban J connectivity index is 2.25. The van der Waals surface area contributed by atoms with Gasteiger partial charge in [-0.3, -0.25) is 9.59 Å². The molecule has 0 aliphatic carbocycles. The van der Waals surface area contributed by atoms with Gasteiger partial charge in [0.05, 0.1) is 7.11 Å². The van der Waals surface area contributed by atoms with Gasteiger partial charge in [-0.25, -0.2) is 0 Å². The Morgan fingerprint density at radius 1 is 1.06 bits per heavy atom. The van der Waals surface area contributed by atoms with Crippen LogP contribution in [0.15, 0.2) is 48.5 Å². The van der Waals surface area contributed by atoms with Crippen molar-refractivity contribution in [3.05, 3.63) is 59.7 Å². The van der Waals surface area contributed by atoms with Gasteiger partial charge in [0.2, 0.25) is 5.91 Å². The van der Waals surface area contributed by atoms with E-state index in [4.69, 9.17) is 9.47 Å². The summed E-state index contributed by atoms with van der Waals surface area (Å²) in [6.45, 7) is 8.83. The van der Waals surface area contributed by atoms with Crippen LogP contribution in [0.4, 0.5) is 0 Å². The second-order valence-electron chi connectivity index (χ2n) is 8.07. The summed E-state index contributed by atoms with van der Waals surface area (Å²) in [6.07, 6.45) is 1.34. The smallest absolute Gasteiger partial charge is 0.261 e. The van der Waals surface area contributed by atoms with Crippen molar-refractivity contribution in [2.45, 2.75) is 59.0 Å². The lowest BCUT2D eigenvalue weighted by Crippen LogP contribution is -2.50. The quantitative estimate of drug-likeness (QED) is 0.526. The van der Waals surface area contributed by atoms with E-state index in [1.807, 2.05) is 62.4 Å².